The number of rotatable bonds is 4. The summed E-state index contributed by atoms with van der Waals surface area (Å²) in [6, 6.07) is 12.3. The third-order valence-corrected chi connectivity index (χ3v) is 3.28. The van der Waals surface area contributed by atoms with Crippen LogP contribution in [-0.4, -0.2) is 5.54 Å². The Bertz CT molecular complexity index is 585. The Labute approximate surface area is 133 Å². The number of hydrogen-bond acceptors (Lipinski definition) is 2. The lowest BCUT2D eigenvalue weighted by Crippen LogP contribution is -2.34. The average molecular weight is 352 g/mol. The molecule has 0 bridgehead atoms. The van der Waals surface area contributed by atoms with Crippen LogP contribution < -0.4 is 10.1 Å². The van der Waals surface area contributed by atoms with Crippen molar-refractivity contribution in [1.29, 1.82) is 0 Å². The molecule has 0 radical (unpaired) electrons. The monoisotopic (exact) mass is 351 g/mol. The first kappa shape index (κ1) is 16.0. The predicted octanol–water partition coefficient (Wildman–Crippen LogP) is 5.27. The summed E-state index contributed by atoms with van der Waals surface area (Å²) >= 11 is 3.25. The van der Waals surface area contributed by atoms with Crippen molar-refractivity contribution in [3.8, 4) is 11.5 Å². The van der Waals surface area contributed by atoms with Crippen LogP contribution in [0.3, 0.4) is 0 Å². The number of hydrogen-bond donors (Lipinski definition) is 1. The van der Waals surface area contributed by atoms with E-state index in [1.54, 1.807) is 6.07 Å². The first-order valence-corrected chi connectivity index (χ1v) is 7.59. The normalized spacial score (nSPS) is 11.5. The average Bonchev–Trinajstić information content (AvgIpc) is 2.36. The van der Waals surface area contributed by atoms with Crippen molar-refractivity contribution in [3.63, 3.8) is 0 Å². The molecule has 1 N–H and O–H groups in total. The third kappa shape index (κ3) is 5.48. The van der Waals surface area contributed by atoms with E-state index >= 15 is 0 Å². The van der Waals surface area contributed by atoms with Crippen molar-refractivity contribution in [2.75, 3.05) is 0 Å². The van der Waals surface area contributed by atoms with Crippen LogP contribution in [0, 0.1) is 5.82 Å². The van der Waals surface area contributed by atoms with Gasteiger partial charge in [-0.1, -0.05) is 28.1 Å². The van der Waals surface area contributed by atoms with Crippen molar-refractivity contribution in [2.45, 2.75) is 32.9 Å². The second-order valence-corrected chi connectivity index (χ2v) is 6.87. The molecule has 0 unspecified atom stereocenters. The summed E-state index contributed by atoms with van der Waals surface area (Å²) in [5.41, 5.74) is 1.26. The molecule has 4 heteroatoms. The van der Waals surface area contributed by atoms with Gasteiger partial charge < -0.3 is 10.1 Å². The molecule has 0 aromatic heterocycles. The molecule has 0 spiro atoms. The highest BCUT2D eigenvalue weighted by Crippen LogP contribution is 2.26. The molecular formula is C17H19BrFNO. The predicted molar refractivity (Wildman–Crippen MR) is 87.2 cm³/mol. The van der Waals surface area contributed by atoms with Crippen LogP contribution in [0.4, 0.5) is 4.39 Å². The van der Waals surface area contributed by atoms with E-state index in [0.29, 0.717) is 16.0 Å². The van der Waals surface area contributed by atoms with Crippen LogP contribution in [0.1, 0.15) is 26.3 Å². The number of nitrogens with one attached hydrogen (secondary N) is 1. The maximum absolute atomic E-state index is 13.3. The van der Waals surface area contributed by atoms with Gasteiger partial charge in [-0.05, 0) is 50.6 Å². The maximum atomic E-state index is 13.3. The number of ether oxygens (including phenoxy) is 1. The van der Waals surface area contributed by atoms with E-state index in [0.717, 1.165) is 6.54 Å². The lowest BCUT2D eigenvalue weighted by atomic mass is 10.1. The van der Waals surface area contributed by atoms with Crippen LogP contribution in [0.2, 0.25) is 0 Å². The summed E-state index contributed by atoms with van der Waals surface area (Å²) in [6.45, 7) is 7.19. The van der Waals surface area contributed by atoms with Crippen LogP contribution in [0.25, 0.3) is 0 Å². The third-order valence-electron chi connectivity index (χ3n) is 2.82. The Balaban J connectivity index is 2.02. The standard InChI is InChI=1S/C17H19BrFNO/c1-17(2,3)20-11-12-4-6-15(7-5-12)21-16-9-13(18)8-14(19)10-16/h4-10,20H,11H2,1-3H3. The summed E-state index contributed by atoms with van der Waals surface area (Å²) in [4.78, 5) is 0. The van der Waals surface area contributed by atoms with Gasteiger partial charge in [-0.2, -0.15) is 0 Å². The van der Waals surface area contributed by atoms with Gasteiger partial charge in [-0.3, -0.25) is 0 Å². The molecule has 0 saturated heterocycles. The van der Waals surface area contributed by atoms with E-state index in [9.17, 15) is 4.39 Å². The summed E-state index contributed by atoms with van der Waals surface area (Å²) < 4.78 is 19.6. The molecule has 2 aromatic rings. The van der Waals surface area contributed by atoms with Crippen LogP contribution >= 0.6 is 15.9 Å². The zero-order chi connectivity index (χ0) is 15.5. The zero-order valence-electron chi connectivity index (χ0n) is 12.4. The molecule has 0 amide bonds. The molecule has 0 saturated carbocycles. The highest BCUT2D eigenvalue weighted by Gasteiger charge is 2.08. The van der Waals surface area contributed by atoms with Gasteiger partial charge in [0.1, 0.15) is 17.3 Å². The summed E-state index contributed by atoms with van der Waals surface area (Å²) in [5.74, 6) is 0.833. The summed E-state index contributed by atoms with van der Waals surface area (Å²) in [7, 11) is 0. The molecule has 0 aliphatic carbocycles. The largest absolute Gasteiger partial charge is 0.457 e. The van der Waals surface area contributed by atoms with Gasteiger partial charge >= 0.3 is 0 Å². The van der Waals surface area contributed by atoms with E-state index < -0.39 is 0 Å². The van der Waals surface area contributed by atoms with Crippen LogP contribution in [0.5, 0.6) is 11.5 Å². The summed E-state index contributed by atoms with van der Waals surface area (Å²) in [5, 5.41) is 3.43. The smallest absolute Gasteiger partial charge is 0.131 e. The molecule has 0 fully saturated rings. The fraction of sp³-hybridized carbons (Fsp3) is 0.294. The van der Waals surface area contributed by atoms with Gasteiger partial charge in [-0.15, -0.1) is 0 Å². The van der Waals surface area contributed by atoms with Crippen LogP contribution in [-0.2, 0) is 6.54 Å². The second-order valence-electron chi connectivity index (χ2n) is 5.95. The minimum Gasteiger partial charge on any atom is -0.457 e. The van der Waals surface area contributed by atoms with E-state index in [2.05, 4.69) is 42.0 Å². The molecule has 0 heterocycles. The van der Waals surface area contributed by atoms with Gasteiger partial charge in [0.05, 0.1) is 0 Å². The minimum absolute atomic E-state index is 0.0863. The van der Waals surface area contributed by atoms with E-state index in [-0.39, 0.29) is 11.4 Å². The Morgan fingerprint density at radius 2 is 1.71 bits per heavy atom. The highest BCUT2D eigenvalue weighted by atomic mass is 79.9. The van der Waals surface area contributed by atoms with E-state index in [1.807, 2.05) is 24.3 Å². The Hall–Kier alpha value is -1.39. The van der Waals surface area contributed by atoms with Crippen molar-refractivity contribution in [2.24, 2.45) is 0 Å². The molecule has 112 valence electrons. The highest BCUT2D eigenvalue weighted by molar-refractivity contribution is 9.10. The van der Waals surface area contributed by atoms with Crippen molar-refractivity contribution in [1.82, 2.24) is 5.32 Å². The molecule has 2 nitrogen and oxygen atoms in total. The van der Waals surface area contributed by atoms with Crippen molar-refractivity contribution >= 4 is 15.9 Å². The quantitative estimate of drug-likeness (QED) is 0.810. The molecule has 0 aliphatic rings. The fourth-order valence-electron chi connectivity index (χ4n) is 1.77. The number of halogens is 2. The lowest BCUT2D eigenvalue weighted by molar-refractivity contribution is 0.424. The first-order valence-electron chi connectivity index (χ1n) is 6.80. The van der Waals surface area contributed by atoms with Gasteiger partial charge in [0.2, 0.25) is 0 Å². The number of benzene rings is 2. The van der Waals surface area contributed by atoms with Crippen molar-refractivity contribution in [3.05, 3.63) is 58.3 Å². The van der Waals surface area contributed by atoms with Crippen LogP contribution in [0.15, 0.2) is 46.9 Å². The molecule has 0 atom stereocenters. The molecular weight excluding hydrogens is 333 g/mol. The SMILES string of the molecule is CC(C)(C)NCc1ccc(Oc2cc(F)cc(Br)c2)cc1. The summed E-state index contributed by atoms with van der Waals surface area (Å²) in [6.07, 6.45) is 0. The minimum atomic E-state index is -0.328. The van der Waals surface area contributed by atoms with Gasteiger partial charge in [0.15, 0.2) is 0 Å². The molecule has 2 aromatic carbocycles. The lowest BCUT2D eigenvalue weighted by Gasteiger charge is -2.20. The van der Waals surface area contributed by atoms with Gasteiger partial charge in [0, 0.05) is 22.6 Å². The first-order chi connectivity index (χ1) is 9.82. The molecule has 0 aliphatic heterocycles. The maximum Gasteiger partial charge on any atom is 0.131 e. The topological polar surface area (TPSA) is 21.3 Å². The Morgan fingerprint density at radius 1 is 1.05 bits per heavy atom. The molecule has 21 heavy (non-hydrogen) atoms. The van der Waals surface area contributed by atoms with E-state index in [1.165, 1.54) is 17.7 Å². The van der Waals surface area contributed by atoms with Crippen molar-refractivity contribution < 1.29 is 9.13 Å². The second kappa shape index (κ2) is 6.58. The van der Waals surface area contributed by atoms with E-state index in [4.69, 9.17) is 4.74 Å². The van der Waals surface area contributed by atoms with Gasteiger partial charge in [0.25, 0.3) is 0 Å². The molecule has 2 rings (SSSR count). The Kier molecular flexibility index (Phi) is 5.01. The fourth-order valence-corrected chi connectivity index (χ4v) is 2.21. The van der Waals surface area contributed by atoms with Gasteiger partial charge in [-0.25, -0.2) is 4.39 Å². The zero-order valence-corrected chi connectivity index (χ0v) is 14.0. The Morgan fingerprint density at radius 3 is 2.29 bits per heavy atom.